The maximum Gasteiger partial charge on any atom is 0.285 e. The number of hydrogen-bond donors (Lipinski definition) is 0. The molecule has 8 heteroatoms. The molecule has 0 aliphatic carbocycles. The Balaban J connectivity index is 1.87. The molecule has 1 aromatic carbocycles. The lowest BCUT2D eigenvalue weighted by Crippen LogP contribution is -2.39. The van der Waals surface area contributed by atoms with Gasteiger partial charge < -0.3 is 9.80 Å². The first-order valence-corrected chi connectivity index (χ1v) is 10.5. The average molecular weight is 393 g/mol. The maximum absolute atomic E-state index is 13.2. The molecule has 2 aliphatic heterocycles. The number of halogens is 1. The Hall–Kier alpha value is -2.22. The second-order valence-corrected chi connectivity index (χ2v) is 8.71. The lowest BCUT2D eigenvalue weighted by atomic mass is 10.1. The molecule has 0 radical (unpaired) electrons. The summed E-state index contributed by atoms with van der Waals surface area (Å²) in [6, 6.07) is 5.39. The van der Waals surface area contributed by atoms with E-state index in [4.69, 9.17) is 0 Å². The van der Waals surface area contributed by atoms with Crippen LogP contribution in [-0.4, -0.2) is 56.1 Å². The van der Waals surface area contributed by atoms with E-state index < -0.39 is 15.8 Å². The van der Waals surface area contributed by atoms with Crippen LogP contribution in [0.5, 0.6) is 0 Å². The van der Waals surface area contributed by atoms with Gasteiger partial charge in [-0.3, -0.25) is 4.79 Å². The number of carbonyl (C=O) groups is 1. The number of carbonyl (C=O) groups excluding carboxylic acids is 1. The van der Waals surface area contributed by atoms with Gasteiger partial charge in [-0.05, 0) is 31.0 Å². The molecule has 0 spiro atoms. The summed E-state index contributed by atoms with van der Waals surface area (Å²) in [6.07, 6.45) is 0.747. The molecule has 2 aliphatic rings. The van der Waals surface area contributed by atoms with Crippen molar-refractivity contribution in [1.82, 2.24) is 9.80 Å². The van der Waals surface area contributed by atoms with Gasteiger partial charge in [0.25, 0.3) is 10.0 Å². The lowest BCUT2D eigenvalue weighted by Gasteiger charge is -2.24. The van der Waals surface area contributed by atoms with Gasteiger partial charge in [0.1, 0.15) is 16.6 Å². The molecule has 3 rings (SSSR count). The van der Waals surface area contributed by atoms with Gasteiger partial charge in [-0.25, -0.2) is 4.39 Å². The summed E-state index contributed by atoms with van der Waals surface area (Å²) in [6.45, 7) is 7.83. The van der Waals surface area contributed by atoms with E-state index in [9.17, 15) is 17.6 Å². The number of rotatable bonds is 2. The van der Waals surface area contributed by atoms with Crippen LogP contribution in [0.3, 0.4) is 0 Å². The minimum absolute atomic E-state index is 0.0625. The smallest absolute Gasteiger partial charge is 0.285 e. The van der Waals surface area contributed by atoms with E-state index in [2.05, 4.69) is 4.40 Å². The largest absolute Gasteiger partial charge is 0.354 e. The van der Waals surface area contributed by atoms with E-state index in [1.54, 1.807) is 6.92 Å². The van der Waals surface area contributed by atoms with Crippen molar-refractivity contribution < 1.29 is 17.6 Å². The summed E-state index contributed by atoms with van der Waals surface area (Å²) in [5.74, 6) is 0.0497. The maximum atomic E-state index is 13.2. The van der Waals surface area contributed by atoms with E-state index in [0.29, 0.717) is 43.2 Å². The molecule has 1 saturated heterocycles. The highest BCUT2D eigenvalue weighted by Gasteiger charge is 2.34. The summed E-state index contributed by atoms with van der Waals surface area (Å²) in [5.41, 5.74) is 0.990. The van der Waals surface area contributed by atoms with Crippen LogP contribution >= 0.6 is 0 Å². The molecule has 0 saturated carbocycles. The van der Waals surface area contributed by atoms with Crippen molar-refractivity contribution in [3.05, 3.63) is 41.2 Å². The first kappa shape index (κ1) is 19.5. The minimum Gasteiger partial charge on any atom is -0.354 e. The molecule has 0 bridgehead atoms. The highest BCUT2D eigenvalue weighted by Crippen LogP contribution is 2.33. The molecule has 146 valence electrons. The Labute approximate surface area is 159 Å². The van der Waals surface area contributed by atoms with Gasteiger partial charge in [-0.1, -0.05) is 26.0 Å². The van der Waals surface area contributed by atoms with Crippen molar-refractivity contribution in [3.8, 4) is 0 Å². The van der Waals surface area contributed by atoms with Gasteiger partial charge in [0.2, 0.25) is 5.91 Å². The standard InChI is InChI=1S/C19H24FN3O3S/c1-13(2)19(24)23-10-4-9-22(11-12-23)18-14(3)17(27(25,26)21-18)15-5-7-16(20)8-6-15/h5-8,13H,4,9-12H2,1-3H3. The zero-order valence-corrected chi connectivity index (χ0v) is 16.6. The molecule has 27 heavy (non-hydrogen) atoms. The number of sulfonamides is 1. The Morgan fingerprint density at radius 3 is 2.41 bits per heavy atom. The van der Waals surface area contributed by atoms with Gasteiger partial charge in [0.05, 0.1) is 0 Å². The second kappa shape index (κ2) is 7.42. The zero-order chi connectivity index (χ0) is 19.8. The van der Waals surface area contributed by atoms with Crippen LogP contribution in [0.4, 0.5) is 4.39 Å². The van der Waals surface area contributed by atoms with Gasteiger partial charge >= 0.3 is 0 Å². The Kier molecular flexibility index (Phi) is 5.37. The van der Waals surface area contributed by atoms with Crippen molar-refractivity contribution in [3.63, 3.8) is 0 Å². The van der Waals surface area contributed by atoms with Crippen LogP contribution in [-0.2, 0) is 14.8 Å². The SMILES string of the molecule is CC1=C(c2ccc(F)cc2)S(=O)(=O)N=C1N1CCCN(C(=O)C(C)C)CC1. The van der Waals surface area contributed by atoms with Crippen molar-refractivity contribution in [1.29, 1.82) is 0 Å². The van der Waals surface area contributed by atoms with E-state index in [-0.39, 0.29) is 16.7 Å². The normalized spacial score (nSPS) is 20.1. The number of nitrogens with zero attached hydrogens (tertiary/aromatic N) is 3. The molecule has 2 heterocycles. The van der Waals surface area contributed by atoms with Crippen LogP contribution in [0.1, 0.15) is 32.8 Å². The molecule has 0 aromatic heterocycles. The number of amides is 1. The van der Waals surface area contributed by atoms with Crippen molar-refractivity contribution in [2.75, 3.05) is 26.2 Å². The quantitative estimate of drug-likeness (QED) is 0.774. The second-order valence-electron chi connectivity index (χ2n) is 7.17. The third-order valence-electron chi connectivity index (χ3n) is 4.85. The van der Waals surface area contributed by atoms with Crippen molar-refractivity contribution in [2.45, 2.75) is 27.2 Å². The number of amidine groups is 1. The van der Waals surface area contributed by atoms with E-state index >= 15 is 0 Å². The molecular formula is C19H24FN3O3S. The predicted molar refractivity (Wildman–Crippen MR) is 103 cm³/mol. The Morgan fingerprint density at radius 2 is 1.78 bits per heavy atom. The zero-order valence-electron chi connectivity index (χ0n) is 15.8. The van der Waals surface area contributed by atoms with Crippen LogP contribution in [0.2, 0.25) is 0 Å². The van der Waals surface area contributed by atoms with Gasteiger partial charge in [0.15, 0.2) is 0 Å². The van der Waals surface area contributed by atoms with E-state index in [1.165, 1.54) is 24.3 Å². The molecular weight excluding hydrogens is 369 g/mol. The molecule has 0 unspecified atom stereocenters. The first-order chi connectivity index (χ1) is 12.7. The summed E-state index contributed by atoms with van der Waals surface area (Å²) in [5, 5.41) is 0. The third-order valence-corrected chi connectivity index (χ3v) is 6.32. The average Bonchev–Trinajstić information content (AvgIpc) is 2.78. The molecule has 6 nitrogen and oxygen atoms in total. The highest BCUT2D eigenvalue weighted by atomic mass is 32.2. The van der Waals surface area contributed by atoms with Crippen LogP contribution in [0, 0.1) is 11.7 Å². The Morgan fingerprint density at radius 1 is 1.11 bits per heavy atom. The highest BCUT2D eigenvalue weighted by molar-refractivity contribution is 8.00. The van der Waals surface area contributed by atoms with Crippen LogP contribution in [0.25, 0.3) is 4.91 Å². The number of benzene rings is 1. The molecule has 1 fully saturated rings. The topological polar surface area (TPSA) is 70.1 Å². The minimum atomic E-state index is -3.83. The summed E-state index contributed by atoms with van der Waals surface area (Å²) in [4.78, 5) is 16.1. The summed E-state index contributed by atoms with van der Waals surface area (Å²) < 4.78 is 42.5. The molecule has 1 aromatic rings. The van der Waals surface area contributed by atoms with Gasteiger partial charge in [-0.2, -0.15) is 8.42 Å². The van der Waals surface area contributed by atoms with E-state index in [0.717, 1.165) is 6.42 Å². The van der Waals surface area contributed by atoms with Crippen LogP contribution in [0.15, 0.2) is 34.2 Å². The molecule has 0 atom stereocenters. The summed E-state index contributed by atoms with van der Waals surface area (Å²) >= 11 is 0. The summed E-state index contributed by atoms with van der Waals surface area (Å²) in [7, 11) is -3.83. The fraction of sp³-hybridized carbons (Fsp3) is 0.474. The monoisotopic (exact) mass is 393 g/mol. The number of hydrogen-bond acceptors (Lipinski definition) is 4. The molecule has 0 N–H and O–H groups in total. The molecule has 1 amide bonds. The van der Waals surface area contributed by atoms with Gasteiger partial charge in [-0.15, -0.1) is 4.40 Å². The van der Waals surface area contributed by atoms with Gasteiger partial charge in [0, 0.05) is 37.7 Å². The Bertz CT molecular complexity index is 905. The fourth-order valence-electron chi connectivity index (χ4n) is 3.50. The third kappa shape index (κ3) is 3.90. The van der Waals surface area contributed by atoms with Crippen molar-refractivity contribution >= 4 is 26.7 Å². The van der Waals surface area contributed by atoms with Crippen LogP contribution < -0.4 is 0 Å². The lowest BCUT2D eigenvalue weighted by molar-refractivity contribution is -0.134. The van der Waals surface area contributed by atoms with E-state index in [1.807, 2.05) is 23.6 Å². The first-order valence-electron chi connectivity index (χ1n) is 9.06. The predicted octanol–water partition coefficient (Wildman–Crippen LogP) is 2.49. The fourth-order valence-corrected chi connectivity index (χ4v) is 4.98. The van der Waals surface area contributed by atoms with Crippen molar-refractivity contribution in [2.24, 2.45) is 10.3 Å².